The van der Waals surface area contributed by atoms with Gasteiger partial charge in [-0.05, 0) is 31.6 Å². The Hall–Kier alpha value is -1.79. The number of nitrogens with one attached hydrogen (secondary N) is 2. The summed E-state index contributed by atoms with van der Waals surface area (Å²) in [7, 11) is 0. The van der Waals surface area contributed by atoms with Crippen molar-refractivity contribution in [2.24, 2.45) is 17.6 Å². The van der Waals surface area contributed by atoms with E-state index in [1.54, 1.807) is 6.92 Å². The van der Waals surface area contributed by atoms with Gasteiger partial charge in [-0.3, -0.25) is 9.59 Å². The number of hydrogen-bond donors (Lipinski definition) is 4. The van der Waals surface area contributed by atoms with Crippen molar-refractivity contribution >= 4 is 17.9 Å². The molecule has 0 aliphatic carbocycles. The first-order chi connectivity index (χ1) is 9.72. The van der Waals surface area contributed by atoms with Crippen molar-refractivity contribution in [3.05, 3.63) is 0 Å². The molecule has 0 aromatic heterocycles. The highest BCUT2D eigenvalue weighted by molar-refractivity contribution is 5.77. The van der Waals surface area contributed by atoms with Gasteiger partial charge in [0.2, 0.25) is 5.91 Å². The lowest BCUT2D eigenvalue weighted by Crippen LogP contribution is -2.43. The van der Waals surface area contributed by atoms with Crippen molar-refractivity contribution in [3.8, 4) is 0 Å². The highest BCUT2D eigenvalue weighted by atomic mass is 16.4. The molecule has 0 aliphatic heterocycles. The third-order valence-electron chi connectivity index (χ3n) is 3.36. The summed E-state index contributed by atoms with van der Waals surface area (Å²) in [4.78, 5) is 32.9. The van der Waals surface area contributed by atoms with Crippen LogP contribution in [0.4, 0.5) is 4.79 Å². The Bertz CT molecular complexity index is 358. The Balaban J connectivity index is 3.99. The minimum atomic E-state index is -0.799. The molecule has 21 heavy (non-hydrogen) atoms. The fraction of sp³-hybridized carbons (Fsp3) is 0.786. The third-order valence-corrected chi connectivity index (χ3v) is 3.36. The number of carboxylic acids is 1. The molecular formula is C14H27N3O4. The minimum Gasteiger partial charge on any atom is -0.481 e. The molecule has 0 saturated heterocycles. The SMILES string of the molecule is CC(CC(N)=O)NC(=O)NCCC(CCC(=O)O)C(C)C. The Morgan fingerprint density at radius 1 is 1.14 bits per heavy atom. The lowest BCUT2D eigenvalue weighted by Gasteiger charge is -2.20. The maximum atomic E-state index is 11.6. The number of primary amides is 1. The van der Waals surface area contributed by atoms with E-state index in [0.717, 1.165) is 6.42 Å². The largest absolute Gasteiger partial charge is 0.481 e. The van der Waals surface area contributed by atoms with Crippen LogP contribution in [0.5, 0.6) is 0 Å². The summed E-state index contributed by atoms with van der Waals surface area (Å²) in [5, 5.41) is 14.0. The van der Waals surface area contributed by atoms with Crippen LogP contribution < -0.4 is 16.4 Å². The molecule has 0 saturated carbocycles. The van der Waals surface area contributed by atoms with Crippen LogP contribution in [-0.4, -0.2) is 35.6 Å². The fourth-order valence-electron chi connectivity index (χ4n) is 2.12. The van der Waals surface area contributed by atoms with Gasteiger partial charge in [-0.15, -0.1) is 0 Å². The quantitative estimate of drug-likeness (QED) is 0.482. The summed E-state index contributed by atoms with van der Waals surface area (Å²) >= 11 is 0. The predicted octanol–water partition coefficient (Wildman–Crippen LogP) is 1.08. The average Bonchev–Trinajstić information content (AvgIpc) is 2.31. The maximum absolute atomic E-state index is 11.6. The Morgan fingerprint density at radius 3 is 2.24 bits per heavy atom. The number of urea groups is 1. The Kier molecular flexibility index (Phi) is 9.16. The molecule has 0 spiro atoms. The van der Waals surface area contributed by atoms with Crippen molar-refractivity contribution in [3.63, 3.8) is 0 Å². The van der Waals surface area contributed by atoms with Crippen LogP contribution in [0.15, 0.2) is 0 Å². The minimum absolute atomic E-state index is 0.0979. The van der Waals surface area contributed by atoms with E-state index in [0.29, 0.717) is 18.9 Å². The van der Waals surface area contributed by atoms with Crippen molar-refractivity contribution in [1.82, 2.24) is 10.6 Å². The van der Waals surface area contributed by atoms with Crippen LogP contribution in [0.1, 0.15) is 46.5 Å². The van der Waals surface area contributed by atoms with E-state index in [4.69, 9.17) is 10.8 Å². The highest BCUT2D eigenvalue weighted by Gasteiger charge is 2.15. The maximum Gasteiger partial charge on any atom is 0.315 e. The molecule has 7 heteroatoms. The van der Waals surface area contributed by atoms with E-state index in [9.17, 15) is 14.4 Å². The Labute approximate surface area is 125 Å². The van der Waals surface area contributed by atoms with E-state index < -0.39 is 11.9 Å². The van der Waals surface area contributed by atoms with Crippen LogP contribution in [0.2, 0.25) is 0 Å². The van der Waals surface area contributed by atoms with Crippen LogP contribution in [0, 0.1) is 11.8 Å². The van der Waals surface area contributed by atoms with Gasteiger partial charge in [-0.2, -0.15) is 0 Å². The molecule has 0 radical (unpaired) electrons. The third kappa shape index (κ3) is 10.6. The summed E-state index contributed by atoms with van der Waals surface area (Å²) < 4.78 is 0. The Morgan fingerprint density at radius 2 is 1.76 bits per heavy atom. The highest BCUT2D eigenvalue weighted by Crippen LogP contribution is 2.20. The molecule has 0 fully saturated rings. The van der Waals surface area contributed by atoms with Crippen molar-refractivity contribution < 1.29 is 19.5 Å². The normalized spacial score (nSPS) is 13.5. The molecule has 0 heterocycles. The first-order valence-corrected chi connectivity index (χ1v) is 7.26. The van der Waals surface area contributed by atoms with E-state index in [2.05, 4.69) is 10.6 Å². The topological polar surface area (TPSA) is 122 Å². The average molecular weight is 301 g/mol. The fourth-order valence-corrected chi connectivity index (χ4v) is 2.12. The van der Waals surface area contributed by atoms with Gasteiger partial charge >= 0.3 is 12.0 Å². The number of carboxylic acid groups (broad SMARTS) is 1. The number of carbonyl (C=O) groups excluding carboxylic acids is 2. The second-order valence-electron chi connectivity index (χ2n) is 5.70. The first kappa shape index (κ1) is 19.2. The van der Waals surface area contributed by atoms with Crippen molar-refractivity contribution in [2.45, 2.75) is 52.5 Å². The summed E-state index contributed by atoms with van der Waals surface area (Å²) in [6.45, 7) is 6.26. The molecular weight excluding hydrogens is 274 g/mol. The molecule has 0 aromatic rings. The molecule has 2 atom stereocenters. The van der Waals surface area contributed by atoms with Gasteiger partial charge in [0.05, 0.1) is 0 Å². The van der Waals surface area contributed by atoms with E-state index >= 15 is 0 Å². The van der Waals surface area contributed by atoms with Gasteiger partial charge in [0.1, 0.15) is 0 Å². The lowest BCUT2D eigenvalue weighted by atomic mass is 9.88. The number of hydrogen-bond acceptors (Lipinski definition) is 3. The molecule has 3 amide bonds. The van der Waals surface area contributed by atoms with E-state index in [1.807, 2.05) is 13.8 Å². The molecule has 0 bridgehead atoms. The first-order valence-electron chi connectivity index (χ1n) is 7.26. The zero-order chi connectivity index (χ0) is 16.4. The number of nitrogens with two attached hydrogens (primary N) is 1. The smallest absolute Gasteiger partial charge is 0.315 e. The summed E-state index contributed by atoms with van der Waals surface area (Å²) in [5.74, 6) is -0.643. The molecule has 122 valence electrons. The monoisotopic (exact) mass is 301 g/mol. The van der Waals surface area contributed by atoms with Crippen LogP contribution in [0.3, 0.4) is 0 Å². The zero-order valence-corrected chi connectivity index (χ0v) is 13.0. The van der Waals surface area contributed by atoms with Gasteiger partial charge in [0.25, 0.3) is 0 Å². The van der Waals surface area contributed by atoms with E-state index in [1.165, 1.54) is 0 Å². The second kappa shape index (κ2) is 10.0. The summed E-state index contributed by atoms with van der Waals surface area (Å²) in [6.07, 6.45) is 1.57. The van der Waals surface area contributed by atoms with Crippen LogP contribution in [0.25, 0.3) is 0 Å². The van der Waals surface area contributed by atoms with Crippen molar-refractivity contribution in [1.29, 1.82) is 0 Å². The number of amides is 3. The van der Waals surface area contributed by atoms with Gasteiger partial charge in [0.15, 0.2) is 0 Å². The van der Waals surface area contributed by atoms with Crippen LogP contribution >= 0.6 is 0 Å². The van der Waals surface area contributed by atoms with Gasteiger partial charge in [0, 0.05) is 25.4 Å². The number of carbonyl (C=O) groups is 3. The second-order valence-corrected chi connectivity index (χ2v) is 5.70. The lowest BCUT2D eigenvalue weighted by molar-refractivity contribution is -0.137. The molecule has 2 unspecified atom stereocenters. The molecule has 7 nitrogen and oxygen atoms in total. The van der Waals surface area contributed by atoms with Gasteiger partial charge in [-0.1, -0.05) is 13.8 Å². The molecule has 5 N–H and O–H groups in total. The van der Waals surface area contributed by atoms with Crippen molar-refractivity contribution in [2.75, 3.05) is 6.54 Å². The zero-order valence-electron chi connectivity index (χ0n) is 13.0. The molecule has 0 rings (SSSR count). The summed E-state index contributed by atoms with van der Waals surface area (Å²) in [5.41, 5.74) is 5.04. The van der Waals surface area contributed by atoms with Crippen LogP contribution in [-0.2, 0) is 9.59 Å². The summed E-state index contributed by atoms with van der Waals surface area (Å²) in [6, 6.07) is -0.653. The molecule has 0 aliphatic rings. The van der Waals surface area contributed by atoms with Gasteiger partial charge < -0.3 is 21.5 Å². The number of rotatable bonds is 10. The standard InChI is InChI=1S/C14H27N3O4/c1-9(2)11(4-5-13(19)20)6-7-16-14(21)17-10(3)8-12(15)18/h9-11H,4-8H2,1-3H3,(H2,15,18)(H,19,20)(H2,16,17,21). The molecule has 0 aromatic carbocycles. The predicted molar refractivity (Wildman–Crippen MR) is 79.6 cm³/mol. The number of aliphatic carboxylic acids is 1. The van der Waals surface area contributed by atoms with Gasteiger partial charge in [-0.25, -0.2) is 4.79 Å². The van der Waals surface area contributed by atoms with E-state index in [-0.39, 0.29) is 30.8 Å².